The van der Waals surface area contributed by atoms with Crippen LogP contribution in [0.3, 0.4) is 0 Å². The standard InChI is InChI=1S/C15H32N2O/c1-12(2)10-17(13(3)4)9-8-15(5,11-18)16-14-6-7-14/h12-14,16,18H,6-11H2,1-5H3. The highest BCUT2D eigenvalue weighted by Crippen LogP contribution is 2.24. The van der Waals surface area contributed by atoms with Crippen molar-refractivity contribution in [1.82, 2.24) is 10.2 Å². The molecule has 0 aromatic rings. The van der Waals surface area contributed by atoms with Gasteiger partial charge in [0.25, 0.3) is 0 Å². The Morgan fingerprint density at radius 3 is 2.28 bits per heavy atom. The molecular formula is C15H32N2O. The van der Waals surface area contributed by atoms with Crippen molar-refractivity contribution in [3.05, 3.63) is 0 Å². The maximum absolute atomic E-state index is 9.61. The van der Waals surface area contributed by atoms with Crippen molar-refractivity contribution in [2.75, 3.05) is 19.7 Å². The Balaban J connectivity index is 2.42. The van der Waals surface area contributed by atoms with Crippen LogP contribution in [0.1, 0.15) is 53.9 Å². The summed E-state index contributed by atoms with van der Waals surface area (Å²) >= 11 is 0. The summed E-state index contributed by atoms with van der Waals surface area (Å²) in [5.74, 6) is 0.698. The highest BCUT2D eigenvalue weighted by atomic mass is 16.3. The second-order valence-corrected chi connectivity index (χ2v) is 6.87. The Kier molecular flexibility index (Phi) is 6.09. The van der Waals surface area contributed by atoms with Crippen LogP contribution in [0, 0.1) is 5.92 Å². The van der Waals surface area contributed by atoms with Crippen LogP contribution in [0.15, 0.2) is 0 Å². The first kappa shape index (κ1) is 15.9. The second kappa shape index (κ2) is 6.88. The molecule has 0 aromatic carbocycles. The Morgan fingerprint density at radius 2 is 1.89 bits per heavy atom. The van der Waals surface area contributed by atoms with E-state index < -0.39 is 0 Å². The summed E-state index contributed by atoms with van der Waals surface area (Å²) in [6.07, 6.45) is 3.57. The van der Waals surface area contributed by atoms with E-state index in [0.29, 0.717) is 18.0 Å². The highest BCUT2D eigenvalue weighted by Gasteiger charge is 2.32. The van der Waals surface area contributed by atoms with Gasteiger partial charge in [0.15, 0.2) is 0 Å². The molecule has 1 unspecified atom stereocenters. The molecule has 18 heavy (non-hydrogen) atoms. The van der Waals surface area contributed by atoms with Gasteiger partial charge in [-0.25, -0.2) is 0 Å². The molecule has 0 amide bonds. The first-order chi connectivity index (χ1) is 8.36. The molecule has 108 valence electrons. The fourth-order valence-electron chi connectivity index (χ4n) is 2.34. The third-order valence-corrected chi connectivity index (χ3v) is 3.76. The summed E-state index contributed by atoms with van der Waals surface area (Å²) in [6.45, 7) is 13.6. The van der Waals surface area contributed by atoms with Gasteiger partial charge >= 0.3 is 0 Å². The summed E-state index contributed by atoms with van der Waals surface area (Å²) in [4.78, 5) is 2.52. The molecule has 1 atom stereocenters. The van der Waals surface area contributed by atoms with E-state index in [-0.39, 0.29) is 12.1 Å². The number of aliphatic hydroxyl groups is 1. The molecule has 1 aliphatic carbocycles. The number of nitrogens with zero attached hydrogens (tertiary/aromatic N) is 1. The molecule has 0 saturated heterocycles. The average molecular weight is 256 g/mol. The monoisotopic (exact) mass is 256 g/mol. The van der Waals surface area contributed by atoms with Crippen molar-refractivity contribution < 1.29 is 5.11 Å². The third-order valence-electron chi connectivity index (χ3n) is 3.76. The summed E-state index contributed by atoms with van der Waals surface area (Å²) in [5, 5.41) is 13.2. The van der Waals surface area contributed by atoms with E-state index in [0.717, 1.165) is 19.5 Å². The lowest BCUT2D eigenvalue weighted by molar-refractivity contribution is 0.127. The number of rotatable bonds is 9. The molecule has 3 nitrogen and oxygen atoms in total. The minimum Gasteiger partial charge on any atom is -0.394 e. The van der Waals surface area contributed by atoms with E-state index in [2.05, 4.69) is 44.8 Å². The van der Waals surface area contributed by atoms with Crippen LogP contribution in [-0.2, 0) is 0 Å². The van der Waals surface area contributed by atoms with Crippen molar-refractivity contribution in [3.8, 4) is 0 Å². The van der Waals surface area contributed by atoms with E-state index >= 15 is 0 Å². The predicted octanol–water partition coefficient (Wildman–Crippen LogP) is 2.25. The molecule has 0 bridgehead atoms. The number of nitrogens with one attached hydrogen (secondary N) is 1. The second-order valence-electron chi connectivity index (χ2n) is 6.87. The molecule has 0 aliphatic heterocycles. The summed E-state index contributed by atoms with van der Waals surface area (Å²) < 4.78 is 0. The van der Waals surface area contributed by atoms with Gasteiger partial charge in [-0.1, -0.05) is 13.8 Å². The summed E-state index contributed by atoms with van der Waals surface area (Å²) in [7, 11) is 0. The van der Waals surface area contributed by atoms with E-state index in [4.69, 9.17) is 0 Å². The molecule has 0 heterocycles. The largest absolute Gasteiger partial charge is 0.394 e. The first-order valence-electron chi connectivity index (χ1n) is 7.49. The molecule has 0 spiro atoms. The maximum Gasteiger partial charge on any atom is 0.0611 e. The molecule has 2 N–H and O–H groups in total. The van der Waals surface area contributed by atoms with Crippen LogP contribution < -0.4 is 5.32 Å². The lowest BCUT2D eigenvalue weighted by Gasteiger charge is -2.34. The highest BCUT2D eigenvalue weighted by molar-refractivity contribution is 4.92. The van der Waals surface area contributed by atoms with Gasteiger partial charge in [-0.15, -0.1) is 0 Å². The van der Waals surface area contributed by atoms with Gasteiger partial charge in [-0.2, -0.15) is 0 Å². The van der Waals surface area contributed by atoms with Crippen LogP contribution in [0.4, 0.5) is 0 Å². The Bertz CT molecular complexity index is 239. The predicted molar refractivity (Wildman–Crippen MR) is 77.8 cm³/mol. The van der Waals surface area contributed by atoms with Crippen LogP contribution in [-0.4, -0.2) is 47.3 Å². The fourth-order valence-corrected chi connectivity index (χ4v) is 2.34. The van der Waals surface area contributed by atoms with Gasteiger partial charge in [0.05, 0.1) is 6.61 Å². The van der Waals surface area contributed by atoms with Crippen LogP contribution in [0.25, 0.3) is 0 Å². The Labute approximate surface area is 113 Å². The Hall–Kier alpha value is -0.120. The van der Waals surface area contributed by atoms with Crippen molar-refractivity contribution in [3.63, 3.8) is 0 Å². The van der Waals surface area contributed by atoms with Crippen LogP contribution in [0.5, 0.6) is 0 Å². The molecule has 1 saturated carbocycles. The summed E-state index contributed by atoms with van der Waals surface area (Å²) in [5.41, 5.74) is -0.106. The van der Waals surface area contributed by atoms with Gasteiger partial charge in [0.1, 0.15) is 0 Å². The van der Waals surface area contributed by atoms with E-state index in [1.54, 1.807) is 0 Å². The molecule has 1 aliphatic rings. The van der Waals surface area contributed by atoms with E-state index in [9.17, 15) is 5.11 Å². The zero-order chi connectivity index (χ0) is 13.8. The van der Waals surface area contributed by atoms with Gasteiger partial charge in [0.2, 0.25) is 0 Å². The van der Waals surface area contributed by atoms with E-state index in [1.807, 2.05) is 0 Å². The molecule has 1 rings (SSSR count). The fraction of sp³-hybridized carbons (Fsp3) is 1.00. The minimum atomic E-state index is -0.106. The zero-order valence-electron chi connectivity index (χ0n) is 12.9. The third kappa shape index (κ3) is 5.68. The molecular weight excluding hydrogens is 224 g/mol. The molecule has 3 heteroatoms. The normalized spacial score (nSPS) is 19.8. The maximum atomic E-state index is 9.61. The Morgan fingerprint density at radius 1 is 1.28 bits per heavy atom. The van der Waals surface area contributed by atoms with Crippen molar-refractivity contribution in [2.45, 2.75) is 71.5 Å². The topological polar surface area (TPSA) is 35.5 Å². The van der Waals surface area contributed by atoms with E-state index in [1.165, 1.54) is 12.8 Å². The SMILES string of the molecule is CC(C)CN(CCC(C)(CO)NC1CC1)C(C)C. The van der Waals surface area contributed by atoms with Crippen molar-refractivity contribution in [1.29, 1.82) is 0 Å². The van der Waals surface area contributed by atoms with Gasteiger partial charge in [-0.3, -0.25) is 0 Å². The number of hydrogen-bond donors (Lipinski definition) is 2. The lowest BCUT2D eigenvalue weighted by Crippen LogP contribution is -2.50. The molecule has 0 radical (unpaired) electrons. The first-order valence-corrected chi connectivity index (χ1v) is 7.49. The minimum absolute atomic E-state index is 0.106. The van der Waals surface area contributed by atoms with Crippen molar-refractivity contribution in [2.24, 2.45) is 5.92 Å². The van der Waals surface area contributed by atoms with Crippen molar-refractivity contribution >= 4 is 0 Å². The van der Waals surface area contributed by atoms with Gasteiger partial charge < -0.3 is 15.3 Å². The van der Waals surface area contributed by atoms with Crippen LogP contribution >= 0.6 is 0 Å². The van der Waals surface area contributed by atoms with Gasteiger partial charge in [-0.05, 0) is 46.0 Å². The summed E-state index contributed by atoms with van der Waals surface area (Å²) in [6, 6.07) is 1.23. The number of aliphatic hydroxyl groups excluding tert-OH is 1. The molecule has 0 aromatic heterocycles. The van der Waals surface area contributed by atoms with Gasteiger partial charge in [0, 0.05) is 30.7 Å². The number of hydrogen-bond acceptors (Lipinski definition) is 3. The average Bonchev–Trinajstić information content (AvgIpc) is 3.07. The quantitative estimate of drug-likeness (QED) is 0.664. The lowest BCUT2D eigenvalue weighted by atomic mass is 9.97. The zero-order valence-corrected chi connectivity index (χ0v) is 12.9. The smallest absolute Gasteiger partial charge is 0.0611 e. The van der Waals surface area contributed by atoms with Crippen LogP contribution in [0.2, 0.25) is 0 Å². The molecule has 1 fully saturated rings.